The minimum absolute atomic E-state index is 0.0705. The Bertz CT molecular complexity index is 709. The number of nitrogens with one attached hydrogen (secondary N) is 1. The molecular weight excluding hydrogens is 393 g/mol. The number of esters is 1. The largest absolute Gasteiger partial charge is 0.518 e. The average molecular weight is 414 g/mol. The Balaban J connectivity index is 1.79. The Kier molecular flexibility index (Phi) is 5.43. The molecule has 0 radical (unpaired) electrons. The van der Waals surface area contributed by atoms with Gasteiger partial charge in [-0.3, -0.25) is 9.59 Å². The number of hydrogen-bond donors (Lipinski definition) is 1. The highest BCUT2D eigenvalue weighted by Gasteiger charge is 2.59. The van der Waals surface area contributed by atoms with Crippen LogP contribution in [0.5, 0.6) is 0 Å². The predicted molar refractivity (Wildman–Crippen MR) is 84.0 cm³/mol. The summed E-state index contributed by atoms with van der Waals surface area (Å²) >= 11 is 0. The van der Waals surface area contributed by atoms with Crippen LogP contribution in [0.4, 0.5) is 13.2 Å². The molecule has 8 nitrogen and oxygen atoms in total. The number of carbonyl (C=O) groups excluding carboxylic acids is 2. The molecule has 0 aromatic rings. The van der Waals surface area contributed by atoms with E-state index in [0.29, 0.717) is 32.5 Å². The summed E-state index contributed by atoms with van der Waals surface area (Å²) < 4.78 is 71.9. The van der Waals surface area contributed by atoms with Gasteiger partial charge in [0.05, 0.1) is 31.7 Å². The standard InChI is InChI=1S/C15H21F3N2O6S/c1-19-20(27(23,24)15(16,17)18)13(21)11-9-2-3-10(4-9)12(11)14(22)26-7-8-5-25-6-8/h8-12,19H,2-7H2,1H3. The van der Waals surface area contributed by atoms with Gasteiger partial charge in [0, 0.05) is 13.0 Å². The lowest BCUT2D eigenvalue weighted by molar-refractivity contribution is -0.162. The maximum atomic E-state index is 12.9. The first-order valence-corrected chi connectivity index (χ1v) is 10.1. The van der Waals surface area contributed by atoms with E-state index in [1.165, 1.54) is 0 Å². The maximum Gasteiger partial charge on any atom is 0.518 e. The van der Waals surface area contributed by atoms with Crippen LogP contribution in [0.3, 0.4) is 0 Å². The van der Waals surface area contributed by atoms with E-state index >= 15 is 0 Å². The first-order chi connectivity index (χ1) is 12.6. The zero-order valence-electron chi connectivity index (χ0n) is 14.6. The van der Waals surface area contributed by atoms with Gasteiger partial charge in [-0.25, -0.2) is 5.43 Å². The molecule has 1 amide bonds. The van der Waals surface area contributed by atoms with Crippen LogP contribution in [0.15, 0.2) is 0 Å². The number of ether oxygens (including phenoxy) is 2. The fourth-order valence-electron chi connectivity index (χ4n) is 4.25. The lowest BCUT2D eigenvalue weighted by atomic mass is 9.79. The molecule has 1 aliphatic heterocycles. The van der Waals surface area contributed by atoms with Crippen molar-refractivity contribution < 1.29 is 40.7 Å². The predicted octanol–water partition coefficient (Wildman–Crippen LogP) is 0.651. The van der Waals surface area contributed by atoms with Crippen molar-refractivity contribution in [3.63, 3.8) is 0 Å². The molecule has 27 heavy (non-hydrogen) atoms. The molecule has 2 saturated carbocycles. The Labute approximate surface area is 154 Å². The molecule has 2 aliphatic carbocycles. The molecule has 0 aromatic carbocycles. The van der Waals surface area contributed by atoms with Crippen LogP contribution in [-0.2, 0) is 29.1 Å². The third-order valence-electron chi connectivity index (χ3n) is 5.58. The quantitative estimate of drug-likeness (QED) is 0.503. The van der Waals surface area contributed by atoms with Gasteiger partial charge in [0.25, 0.3) is 5.91 Å². The van der Waals surface area contributed by atoms with Crippen LogP contribution in [0, 0.1) is 29.6 Å². The molecule has 3 aliphatic rings. The van der Waals surface area contributed by atoms with E-state index < -0.39 is 43.7 Å². The summed E-state index contributed by atoms with van der Waals surface area (Å²) in [6.07, 6.45) is 1.71. The van der Waals surface area contributed by atoms with Crippen LogP contribution in [0.1, 0.15) is 19.3 Å². The van der Waals surface area contributed by atoms with E-state index in [1.54, 1.807) is 0 Å². The summed E-state index contributed by atoms with van der Waals surface area (Å²) in [5, 5.41) is 0. The summed E-state index contributed by atoms with van der Waals surface area (Å²) in [4.78, 5) is 25.3. The molecule has 3 rings (SSSR count). The van der Waals surface area contributed by atoms with E-state index in [0.717, 1.165) is 7.05 Å². The molecule has 1 saturated heterocycles. The van der Waals surface area contributed by atoms with Crippen molar-refractivity contribution in [1.82, 2.24) is 9.84 Å². The van der Waals surface area contributed by atoms with Gasteiger partial charge in [-0.2, -0.15) is 26.0 Å². The Morgan fingerprint density at radius 3 is 2.26 bits per heavy atom. The fourth-order valence-corrected chi connectivity index (χ4v) is 5.06. The molecule has 2 bridgehead atoms. The number of sulfonamides is 1. The smallest absolute Gasteiger partial charge is 0.465 e. The zero-order valence-corrected chi connectivity index (χ0v) is 15.4. The third kappa shape index (κ3) is 3.54. The Morgan fingerprint density at radius 2 is 1.78 bits per heavy atom. The van der Waals surface area contributed by atoms with E-state index in [1.807, 2.05) is 5.43 Å². The molecule has 4 unspecified atom stereocenters. The van der Waals surface area contributed by atoms with Crippen LogP contribution >= 0.6 is 0 Å². The second-order valence-corrected chi connectivity index (χ2v) is 8.97. The van der Waals surface area contributed by atoms with E-state index in [4.69, 9.17) is 9.47 Å². The fraction of sp³-hybridized carbons (Fsp3) is 0.867. The highest BCUT2D eigenvalue weighted by molar-refractivity contribution is 7.90. The number of alkyl halides is 3. The van der Waals surface area contributed by atoms with Gasteiger partial charge in [0.1, 0.15) is 0 Å². The summed E-state index contributed by atoms with van der Waals surface area (Å²) in [5.74, 6) is -4.48. The van der Waals surface area contributed by atoms with E-state index in [-0.39, 0.29) is 24.4 Å². The zero-order chi connectivity index (χ0) is 20.0. The summed E-state index contributed by atoms with van der Waals surface area (Å²) in [6.45, 7) is 1.04. The first kappa shape index (κ1) is 20.3. The number of amides is 1. The van der Waals surface area contributed by atoms with Crippen molar-refractivity contribution in [1.29, 1.82) is 0 Å². The van der Waals surface area contributed by atoms with Crippen molar-refractivity contribution >= 4 is 21.9 Å². The van der Waals surface area contributed by atoms with Gasteiger partial charge in [-0.15, -0.1) is 0 Å². The number of rotatable bonds is 6. The van der Waals surface area contributed by atoms with Gasteiger partial charge in [0.15, 0.2) is 0 Å². The van der Waals surface area contributed by atoms with Gasteiger partial charge in [0.2, 0.25) is 0 Å². The van der Waals surface area contributed by atoms with Crippen LogP contribution < -0.4 is 5.43 Å². The third-order valence-corrected chi connectivity index (χ3v) is 7.01. The van der Waals surface area contributed by atoms with Crippen molar-refractivity contribution in [2.24, 2.45) is 29.6 Å². The molecule has 0 aromatic heterocycles. The van der Waals surface area contributed by atoms with Crippen molar-refractivity contribution in [3.05, 3.63) is 0 Å². The van der Waals surface area contributed by atoms with Crippen molar-refractivity contribution in [2.75, 3.05) is 26.9 Å². The summed E-state index contributed by atoms with van der Waals surface area (Å²) in [7, 11) is -4.99. The van der Waals surface area contributed by atoms with Crippen LogP contribution in [0.25, 0.3) is 0 Å². The number of fused-ring (bicyclic) bond motifs is 2. The van der Waals surface area contributed by atoms with Gasteiger partial charge < -0.3 is 9.47 Å². The Hall–Kier alpha value is -1.40. The highest BCUT2D eigenvalue weighted by Crippen LogP contribution is 2.53. The second kappa shape index (κ2) is 7.21. The molecule has 0 spiro atoms. The van der Waals surface area contributed by atoms with Gasteiger partial charge >= 0.3 is 21.5 Å². The average Bonchev–Trinajstić information content (AvgIpc) is 3.13. The lowest BCUT2D eigenvalue weighted by Crippen LogP contribution is -2.55. The van der Waals surface area contributed by atoms with Crippen molar-refractivity contribution in [3.8, 4) is 0 Å². The summed E-state index contributed by atoms with van der Waals surface area (Å²) in [6, 6.07) is 0. The minimum atomic E-state index is -5.91. The number of nitrogens with zero attached hydrogens (tertiary/aromatic N) is 1. The lowest BCUT2D eigenvalue weighted by Gasteiger charge is -2.33. The molecule has 154 valence electrons. The minimum Gasteiger partial charge on any atom is -0.465 e. The molecule has 1 N–H and O–H groups in total. The number of hydrogen-bond acceptors (Lipinski definition) is 7. The van der Waals surface area contributed by atoms with Crippen LogP contribution in [0.2, 0.25) is 0 Å². The van der Waals surface area contributed by atoms with Crippen LogP contribution in [-0.4, -0.2) is 57.1 Å². The SMILES string of the molecule is CNN(C(=O)C1C2CCC(C2)C1C(=O)OCC1COC1)S(=O)(=O)C(F)(F)F. The molecular formula is C15H21F3N2O6S. The number of carbonyl (C=O) groups is 2. The second-order valence-electron chi connectivity index (χ2n) is 7.20. The summed E-state index contributed by atoms with van der Waals surface area (Å²) in [5.41, 5.74) is -3.82. The maximum absolute atomic E-state index is 12.9. The first-order valence-electron chi connectivity index (χ1n) is 8.65. The van der Waals surface area contributed by atoms with Gasteiger partial charge in [-0.1, -0.05) is 0 Å². The Morgan fingerprint density at radius 1 is 1.19 bits per heavy atom. The van der Waals surface area contributed by atoms with Gasteiger partial charge in [-0.05, 0) is 31.1 Å². The monoisotopic (exact) mass is 414 g/mol. The topological polar surface area (TPSA) is 102 Å². The number of halogens is 3. The highest BCUT2D eigenvalue weighted by atomic mass is 32.2. The van der Waals surface area contributed by atoms with Crippen molar-refractivity contribution in [2.45, 2.75) is 24.8 Å². The normalized spacial score (nSPS) is 30.8. The van der Waals surface area contributed by atoms with E-state index in [9.17, 15) is 31.2 Å². The molecule has 4 atom stereocenters. The number of hydrazine groups is 1. The molecule has 3 fully saturated rings. The molecule has 1 heterocycles. The van der Waals surface area contributed by atoms with E-state index in [2.05, 4.69) is 0 Å². The molecule has 12 heteroatoms.